The van der Waals surface area contributed by atoms with E-state index in [0.717, 1.165) is 22.4 Å². The number of nitrogens with one attached hydrogen (secondary N) is 1. The minimum Gasteiger partial charge on any atom is -0.464 e. The zero-order valence-corrected chi connectivity index (χ0v) is 19.4. The first-order chi connectivity index (χ1) is 17.1. The molecule has 6 heteroatoms. The molecule has 4 aromatic rings. The number of nitrogens with zero attached hydrogens (tertiary/aromatic N) is 2. The lowest BCUT2D eigenvalue weighted by atomic mass is 10.1. The SMILES string of the molecule is COC(=O)/C(=C/CCc1ccc(F)cc1)Nc1ncc(-c2ccccc2)nc1Cc1ccccc1. The molecule has 0 aliphatic carbocycles. The number of anilines is 1. The molecule has 0 unspecified atom stereocenters. The third-order valence-electron chi connectivity index (χ3n) is 5.48. The van der Waals surface area contributed by atoms with Crippen molar-refractivity contribution >= 4 is 11.8 Å². The Balaban J connectivity index is 1.61. The van der Waals surface area contributed by atoms with Crippen molar-refractivity contribution in [2.24, 2.45) is 0 Å². The molecule has 176 valence electrons. The summed E-state index contributed by atoms with van der Waals surface area (Å²) in [6.07, 6.45) is 5.22. The number of rotatable bonds is 9. The lowest BCUT2D eigenvalue weighted by molar-refractivity contribution is -0.135. The second kappa shape index (κ2) is 11.7. The molecule has 0 fully saturated rings. The van der Waals surface area contributed by atoms with Crippen LogP contribution in [0.15, 0.2) is 103 Å². The Morgan fingerprint density at radius 2 is 1.63 bits per heavy atom. The van der Waals surface area contributed by atoms with Crippen LogP contribution in [0.1, 0.15) is 23.2 Å². The maximum atomic E-state index is 13.2. The highest BCUT2D eigenvalue weighted by molar-refractivity contribution is 5.91. The number of carbonyl (C=O) groups is 1. The third kappa shape index (κ3) is 6.60. The maximum absolute atomic E-state index is 13.2. The van der Waals surface area contributed by atoms with Crippen LogP contribution in [0, 0.1) is 5.82 Å². The molecule has 4 rings (SSSR count). The smallest absolute Gasteiger partial charge is 0.354 e. The quantitative estimate of drug-likeness (QED) is 0.243. The Hall–Kier alpha value is -4.32. The van der Waals surface area contributed by atoms with Crippen molar-refractivity contribution in [2.45, 2.75) is 19.3 Å². The highest BCUT2D eigenvalue weighted by Gasteiger charge is 2.16. The first-order valence-corrected chi connectivity index (χ1v) is 11.4. The highest BCUT2D eigenvalue weighted by atomic mass is 19.1. The number of benzene rings is 3. The molecule has 35 heavy (non-hydrogen) atoms. The van der Waals surface area contributed by atoms with Crippen LogP contribution in [-0.2, 0) is 22.4 Å². The molecule has 0 saturated heterocycles. The van der Waals surface area contributed by atoms with Crippen LogP contribution < -0.4 is 5.32 Å². The van der Waals surface area contributed by atoms with Crippen LogP contribution >= 0.6 is 0 Å². The Bertz CT molecular complexity index is 1290. The van der Waals surface area contributed by atoms with Gasteiger partial charge in [0.1, 0.15) is 11.5 Å². The molecule has 0 amide bonds. The molecular formula is C29H26FN3O2. The summed E-state index contributed by atoms with van der Waals surface area (Å²) in [5.74, 6) is -0.277. The molecule has 3 aromatic carbocycles. The molecule has 1 heterocycles. The van der Waals surface area contributed by atoms with Gasteiger partial charge in [-0.3, -0.25) is 0 Å². The number of aryl methyl sites for hydroxylation is 1. The molecule has 0 radical (unpaired) electrons. The van der Waals surface area contributed by atoms with E-state index in [9.17, 15) is 9.18 Å². The minimum absolute atomic E-state index is 0.273. The van der Waals surface area contributed by atoms with E-state index in [2.05, 4.69) is 10.3 Å². The van der Waals surface area contributed by atoms with Crippen LogP contribution in [0.25, 0.3) is 11.3 Å². The Kier molecular flexibility index (Phi) is 7.96. The minimum atomic E-state index is -0.497. The van der Waals surface area contributed by atoms with Gasteiger partial charge in [-0.15, -0.1) is 0 Å². The molecule has 0 atom stereocenters. The molecule has 1 N–H and O–H groups in total. The van der Waals surface area contributed by atoms with Crippen LogP contribution in [0.2, 0.25) is 0 Å². The summed E-state index contributed by atoms with van der Waals surface area (Å²) in [6.45, 7) is 0. The standard InChI is InChI=1S/C29H26FN3O2/c1-35-29(34)25(14-8-11-21-15-17-24(30)18-16-21)33-28-26(19-22-9-4-2-5-10-22)32-27(20-31-28)23-12-6-3-7-13-23/h2-7,9-10,12-18,20H,8,11,19H2,1H3,(H,31,33)/b25-14-. The molecule has 5 nitrogen and oxygen atoms in total. The number of aromatic nitrogens is 2. The number of hydrogen-bond donors (Lipinski definition) is 1. The Labute approximate surface area is 204 Å². The van der Waals surface area contributed by atoms with E-state index in [1.54, 1.807) is 24.4 Å². The number of halogens is 1. The number of carbonyl (C=O) groups excluding carboxylic acids is 1. The van der Waals surface area contributed by atoms with Crippen molar-refractivity contribution in [1.82, 2.24) is 9.97 Å². The fourth-order valence-corrected chi connectivity index (χ4v) is 3.65. The van der Waals surface area contributed by atoms with E-state index in [1.807, 2.05) is 60.7 Å². The van der Waals surface area contributed by atoms with Crippen molar-refractivity contribution in [3.05, 3.63) is 126 Å². The Morgan fingerprint density at radius 1 is 0.943 bits per heavy atom. The van der Waals surface area contributed by atoms with Crippen molar-refractivity contribution < 1.29 is 13.9 Å². The number of esters is 1. The summed E-state index contributed by atoms with van der Waals surface area (Å²) in [5.41, 5.74) is 4.76. The topological polar surface area (TPSA) is 64.1 Å². The number of allylic oxidation sites excluding steroid dienone is 1. The molecule has 0 bridgehead atoms. The van der Waals surface area contributed by atoms with Gasteiger partial charge in [0.25, 0.3) is 0 Å². The van der Waals surface area contributed by atoms with Gasteiger partial charge in [-0.1, -0.05) is 78.9 Å². The first-order valence-electron chi connectivity index (χ1n) is 11.4. The molecule has 0 aliphatic heterocycles. The predicted octanol–water partition coefficient (Wildman–Crippen LogP) is 5.98. The fourth-order valence-electron chi connectivity index (χ4n) is 3.65. The Morgan fingerprint density at radius 3 is 2.31 bits per heavy atom. The van der Waals surface area contributed by atoms with Gasteiger partial charge in [0, 0.05) is 12.0 Å². The van der Waals surface area contributed by atoms with E-state index in [1.165, 1.54) is 19.2 Å². The number of ether oxygens (including phenoxy) is 1. The highest BCUT2D eigenvalue weighted by Crippen LogP contribution is 2.23. The second-order valence-corrected chi connectivity index (χ2v) is 7.98. The van der Waals surface area contributed by atoms with Crippen LogP contribution in [-0.4, -0.2) is 23.0 Å². The number of methoxy groups -OCH3 is 1. The molecule has 0 spiro atoms. The lowest BCUT2D eigenvalue weighted by Gasteiger charge is -2.14. The van der Waals surface area contributed by atoms with Gasteiger partial charge in [0.05, 0.1) is 24.7 Å². The zero-order chi connectivity index (χ0) is 24.5. The zero-order valence-electron chi connectivity index (χ0n) is 19.4. The maximum Gasteiger partial charge on any atom is 0.354 e. The van der Waals surface area contributed by atoms with Gasteiger partial charge < -0.3 is 10.1 Å². The van der Waals surface area contributed by atoms with Crippen LogP contribution in [0.3, 0.4) is 0 Å². The average Bonchev–Trinajstić information content (AvgIpc) is 2.90. The van der Waals surface area contributed by atoms with Gasteiger partial charge >= 0.3 is 5.97 Å². The number of hydrogen-bond acceptors (Lipinski definition) is 5. The van der Waals surface area contributed by atoms with Gasteiger partial charge in [-0.05, 0) is 36.1 Å². The molecular weight excluding hydrogens is 441 g/mol. The second-order valence-electron chi connectivity index (χ2n) is 7.98. The van der Waals surface area contributed by atoms with Crippen molar-refractivity contribution in [3.8, 4) is 11.3 Å². The lowest BCUT2D eigenvalue weighted by Crippen LogP contribution is -2.16. The summed E-state index contributed by atoms with van der Waals surface area (Å²) < 4.78 is 18.2. The van der Waals surface area contributed by atoms with Crippen molar-refractivity contribution in [1.29, 1.82) is 0 Å². The summed E-state index contributed by atoms with van der Waals surface area (Å²) in [5, 5.41) is 3.15. The fraction of sp³-hybridized carbons (Fsp3) is 0.138. The summed E-state index contributed by atoms with van der Waals surface area (Å²) in [7, 11) is 1.34. The van der Waals surface area contributed by atoms with Crippen LogP contribution in [0.4, 0.5) is 10.2 Å². The van der Waals surface area contributed by atoms with E-state index in [-0.39, 0.29) is 11.5 Å². The van der Waals surface area contributed by atoms with Gasteiger partial charge in [-0.2, -0.15) is 0 Å². The van der Waals surface area contributed by atoms with Gasteiger partial charge in [0.2, 0.25) is 0 Å². The summed E-state index contributed by atoms with van der Waals surface area (Å²) in [6, 6.07) is 26.1. The summed E-state index contributed by atoms with van der Waals surface area (Å²) >= 11 is 0. The normalized spacial score (nSPS) is 11.2. The van der Waals surface area contributed by atoms with E-state index in [0.29, 0.717) is 30.8 Å². The first kappa shape index (κ1) is 23.8. The van der Waals surface area contributed by atoms with Crippen molar-refractivity contribution in [2.75, 3.05) is 12.4 Å². The summed E-state index contributed by atoms with van der Waals surface area (Å²) in [4.78, 5) is 22.0. The van der Waals surface area contributed by atoms with E-state index < -0.39 is 5.97 Å². The van der Waals surface area contributed by atoms with Gasteiger partial charge in [0.15, 0.2) is 5.82 Å². The third-order valence-corrected chi connectivity index (χ3v) is 5.48. The van der Waals surface area contributed by atoms with E-state index in [4.69, 9.17) is 9.72 Å². The molecule has 0 aliphatic rings. The molecule has 0 saturated carbocycles. The van der Waals surface area contributed by atoms with Gasteiger partial charge in [-0.25, -0.2) is 19.2 Å². The largest absolute Gasteiger partial charge is 0.464 e. The monoisotopic (exact) mass is 467 g/mol. The van der Waals surface area contributed by atoms with Crippen LogP contribution in [0.5, 0.6) is 0 Å². The van der Waals surface area contributed by atoms with E-state index >= 15 is 0 Å². The molecule has 1 aromatic heterocycles. The van der Waals surface area contributed by atoms with Crippen molar-refractivity contribution in [3.63, 3.8) is 0 Å². The predicted molar refractivity (Wildman–Crippen MR) is 135 cm³/mol. The average molecular weight is 468 g/mol.